The monoisotopic (exact) mass is 408 g/mol. The summed E-state index contributed by atoms with van der Waals surface area (Å²) in [4.78, 5) is 0. The van der Waals surface area contributed by atoms with Crippen LogP contribution in [0, 0.1) is 17.8 Å². The lowest BCUT2D eigenvalue weighted by molar-refractivity contribution is -0.00310. The maximum Gasteiger partial charge on any atom is 0.0648 e. The number of aryl methyl sites for hydroxylation is 1. The number of ether oxygens (including phenoxy) is 1. The minimum Gasteiger partial charge on any atom is -0.374 e. The summed E-state index contributed by atoms with van der Waals surface area (Å²) in [6, 6.07) is 7.63. The molecule has 1 nitrogen and oxygen atoms in total. The molecule has 5 unspecified atom stereocenters. The zero-order chi connectivity index (χ0) is 20.8. The van der Waals surface area contributed by atoms with E-state index in [1.807, 2.05) is 6.08 Å². The quantitative estimate of drug-likeness (QED) is 0.297. The lowest BCUT2D eigenvalue weighted by Crippen LogP contribution is -2.33. The van der Waals surface area contributed by atoms with Crippen LogP contribution in [0.25, 0.3) is 0 Å². The van der Waals surface area contributed by atoms with E-state index < -0.39 is 0 Å². The third-order valence-corrected chi connectivity index (χ3v) is 8.51. The van der Waals surface area contributed by atoms with Crippen molar-refractivity contribution in [3.63, 3.8) is 0 Å². The van der Waals surface area contributed by atoms with Crippen LogP contribution in [0.5, 0.6) is 0 Å². The molecular formula is C29H44O. The second kappa shape index (κ2) is 11.0. The summed E-state index contributed by atoms with van der Waals surface area (Å²) in [7, 11) is 0. The van der Waals surface area contributed by atoms with Crippen molar-refractivity contribution in [1.29, 1.82) is 0 Å². The summed E-state index contributed by atoms with van der Waals surface area (Å²) < 4.78 is 5.98. The number of benzene rings is 1. The molecule has 1 aromatic carbocycles. The van der Waals surface area contributed by atoms with E-state index in [0.717, 1.165) is 30.3 Å². The predicted octanol–water partition coefficient (Wildman–Crippen LogP) is 8.02. The number of hydrogen-bond acceptors (Lipinski definition) is 1. The van der Waals surface area contributed by atoms with Gasteiger partial charge >= 0.3 is 0 Å². The van der Waals surface area contributed by atoms with Crippen LogP contribution >= 0.6 is 0 Å². The van der Waals surface area contributed by atoms with Crippen LogP contribution in [-0.4, -0.2) is 12.7 Å². The number of hydrogen-bond donors (Lipinski definition) is 0. The van der Waals surface area contributed by atoms with Gasteiger partial charge in [-0.2, -0.15) is 0 Å². The Hall–Kier alpha value is -1.08. The third-order valence-electron chi connectivity index (χ3n) is 8.51. The first-order valence-electron chi connectivity index (χ1n) is 13.1. The molecule has 0 saturated heterocycles. The highest BCUT2D eigenvalue weighted by Crippen LogP contribution is 2.47. The van der Waals surface area contributed by atoms with E-state index in [9.17, 15) is 0 Å². The highest BCUT2D eigenvalue weighted by atomic mass is 16.5. The van der Waals surface area contributed by atoms with Gasteiger partial charge in [-0.25, -0.2) is 0 Å². The van der Waals surface area contributed by atoms with Crippen molar-refractivity contribution >= 4 is 0 Å². The number of fused-ring (bicyclic) bond motifs is 2. The minimum atomic E-state index is 0.486. The molecule has 5 atom stereocenters. The lowest BCUT2D eigenvalue weighted by Gasteiger charge is -2.42. The fraction of sp³-hybridized carbons (Fsp3) is 0.724. The first-order chi connectivity index (χ1) is 14.8. The van der Waals surface area contributed by atoms with E-state index in [2.05, 4.69) is 31.7 Å². The van der Waals surface area contributed by atoms with Crippen molar-refractivity contribution < 1.29 is 4.74 Å². The van der Waals surface area contributed by atoms with Gasteiger partial charge in [0.25, 0.3) is 0 Å². The smallest absolute Gasteiger partial charge is 0.0648 e. The van der Waals surface area contributed by atoms with Gasteiger partial charge in [0, 0.05) is 0 Å². The molecular weight excluding hydrogens is 364 g/mol. The van der Waals surface area contributed by atoms with E-state index in [-0.39, 0.29) is 0 Å². The first kappa shape index (κ1) is 22.1. The standard InChI is InChI=1S/C29H44O/c1-3-5-6-7-8-22-9-10-24-19-25(12-11-23(24)18-22)26-13-14-28-21-29(30-17-4-2)16-15-27(28)20-26/h4,11-12,19,22,26-29H,2-3,5-10,13-18,20-21H2,1H3. The van der Waals surface area contributed by atoms with Crippen LogP contribution in [0.2, 0.25) is 0 Å². The van der Waals surface area contributed by atoms with Crippen molar-refractivity contribution in [2.45, 2.75) is 109 Å². The summed E-state index contributed by atoms with van der Waals surface area (Å²) in [5.41, 5.74) is 5.00. The Balaban J connectivity index is 1.30. The maximum atomic E-state index is 5.98. The zero-order valence-electron chi connectivity index (χ0n) is 19.4. The van der Waals surface area contributed by atoms with Gasteiger partial charge in [0.15, 0.2) is 0 Å². The molecule has 0 heterocycles. The van der Waals surface area contributed by atoms with Crippen LogP contribution in [0.3, 0.4) is 0 Å². The average molecular weight is 409 g/mol. The Labute approximate surface area is 185 Å². The highest BCUT2D eigenvalue weighted by Gasteiger charge is 2.36. The predicted molar refractivity (Wildman–Crippen MR) is 128 cm³/mol. The number of rotatable bonds is 9. The molecule has 2 saturated carbocycles. The molecule has 166 valence electrons. The summed E-state index contributed by atoms with van der Waals surface area (Å²) >= 11 is 0. The van der Waals surface area contributed by atoms with Gasteiger partial charge in [-0.1, -0.05) is 63.3 Å². The molecule has 30 heavy (non-hydrogen) atoms. The molecule has 1 aromatic rings. The maximum absolute atomic E-state index is 5.98. The normalized spacial score (nSPS) is 31.0. The lowest BCUT2D eigenvalue weighted by atomic mass is 9.65. The molecule has 0 spiro atoms. The Bertz CT molecular complexity index is 677. The topological polar surface area (TPSA) is 9.23 Å². The van der Waals surface area contributed by atoms with Crippen LogP contribution < -0.4 is 0 Å². The Morgan fingerprint density at radius 2 is 1.83 bits per heavy atom. The molecule has 1 heteroatoms. The van der Waals surface area contributed by atoms with Crippen molar-refractivity contribution in [1.82, 2.24) is 0 Å². The van der Waals surface area contributed by atoms with E-state index >= 15 is 0 Å². The van der Waals surface area contributed by atoms with Crippen LogP contribution in [0.15, 0.2) is 30.9 Å². The summed E-state index contributed by atoms with van der Waals surface area (Å²) in [5.74, 6) is 3.56. The van der Waals surface area contributed by atoms with E-state index in [1.54, 1.807) is 16.7 Å². The average Bonchev–Trinajstić information content (AvgIpc) is 2.79. The Kier molecular flexibility index (Phi) is 8.10. The Morgan fingerprint density at radius 3 is 2.70 bits per heavy atom. The minimum absolute atomic E-state index is 0.486. The van der Waals surface area contributed by atoms with Gasteiger partial charge in [0.1, 0.15) is 0 Å². The van der Waals surface area contributed by atoms with E-state index in [0.29, 0.717) is 6.10 Å². The van der Waals surface area contributed by atoms with E-state index in [1.165, 1.54) is 89.9 Å². The first-order valence-corrected chi connectivity index (χ1v) is 13.1. The molecule has 4 rings (SSSR count). The molecule has 3 aliphatic rings. The third kappa shape index (κ3) is 5.58. The fourth-order valence-electron chi connectivity index (χ4n) is 6.71. The van der Waals surface area contributed by atoms with Gasteiger partial charge in [0.05, 0.1) is 12.7 Å². The SMILES string of the molecule is C=CCOC1CCC2CC(c3ccc4c(c3)CCC(CCCCCC)C4)CCC2C1. The summed E-state index contributed by atoms with van der Waals surface area (Å²) in [6.07, 6.45) is 21.7. The van der Waals surface area contributed by atoms with Crippen molar-refractivity contribution in [2.24, 2.45) is 17.8 Å². The second-order valence-corrected chi connectivity index (χ2v) is 10.6. The van der Waals surface area contributed by atoms with Gasteiger partial charge in [-0.05, 0) is 98.1 Å². The number of unbranched alkanes of at least 4 members (excludes halogenated alkanes) is 3. The molecule has 0 N–H and O–H groups in total. The van der Waals surface area contributed by atoms with Crippen molar-refractivity contribution in [3.05, 3.63) is 47.5 Å². The molecule has 3 aliphatic carbocycles. The molecule has 2 fully saturated rings. The van der Waals surface area contributed by atoms with Gasteiger partial charge in [-0.3, -0.25) is 0 Å². The molecule has 0 radical (unpaired) electrons. The summed E-state index contributed by atoms with van der Waals surface area (Å²) in [6.45, 7) is 6.83. The fourth-order valence-corrected chi connectivity index (χ4v) is 6.71. The zero-order valence-corrected chi connectivity index (χ0v) is 19.4. The second-order valence-electron chi connectivity index (χ2n) is 10.6. The van der Waals surface area contributed by atoms with Gasteiger partial charge < -0.3 is 4.74 Å². The van der Waals surface area contributed by atoms with Crippen molar-refractivity contribution in [2.75, 3.05) is 6.61 Å². The molecule has 0 amide bonds. The Morgan fingerprint density at radius 1 is 0.967 bits per heavy atom. The molecule has 0 aromatic heterocycles. The highest BCUT2D eigenvalue weighted by molar-refractivity contribution is 5.36. The van der Waals surface area contributed by atoms with E-state index in [4.69, 9.17) is 4.74 Å². The van der Waals surface area contributed by atoms with Crippen LogP contribution in [0.1, 0.15) is 107 Å². The molecule has 0 aliphatic heterocycles. The molecule has 0 bridgehead atoms. The van der Waals surface area contributed by atoms with Crippen LogP contribution in [0.4, 0.5) is 0 Å². The largest absolute Gasteiger partial charge is 0.374 e. The van der Waals surface area contributed by atoms with Crippen molar-refractivity contribution in [3.8, 4) is 0 Å². The van der Waals surface area contributed by atoms with Crippen LogP contribution in [-0.2, 0) is 17.6 Å². The summed E-state index contributed by atoms with van der Waals surface area (Å²) in [5, 5.41) is 0. The van der Waals surface area contributed by atoms with Gasteiger partial charge in [-0.15, -0.1) is 6.58 Å². The van der Waals surface area contributed by atoms with Gasteiger partial charge in [0.2, 0.25) is 0 Å².